The number of anilines is 1. The number of para-hydroxylation sites is 1. The van der Waals surface area contributed by atoms with Crippen LogP contribution in [-0.4, -0.2) is 57.5 Å². The molecule has 0 radical (unpaired) electrons. The van der Waals surface area contributed by atoms with E-state index in [0.717, 1.165) is 48.0 Å². The largest absolute Gasteiger partial charge is 0.494 e. The molecular formula is C31H36N4O3S. The number of aromatic nitrogens is 1. The van der Waals surface area contributed by atoms with Gasteiger partial charge in [0.25, 0.3) is 5.91 Å². The van der Waals surface area contributed by atoms with Crippen molar-refractivity contribution in [3.8, 4) is 5.75 Å². The zero-order valence-corrected chi connectivity index (χ0v) is 24.0. The molecule has 3 heterocycles. The van der Waals surface area contributed by atoms with E-state index in [1.54, 1.807) is 9.80 Å². The predicted octanol–water partition coefficient (Wildman–Crippen LogP) is 5.61. The van der Waals surface area contributed by atoms with Crippen molar-refractivity contribution in [1.29, 1.82) is 0 Å². The molecule has 2 aliphatic rings. The molecule has 0 bridgehead atoms. The first kappa shape index (κ1) is 26.9. The van der Waals surface area contributed by atoms with Crippen molar-refractivity contribution in [1.82, 2.24) is 14.4 Å². The van der Waals surface area contributed by atoms with Crippen LogP contribution in [0.25, 0.3) is 17.0 Å². The second-order valence-electron chi connectivity index (χ2n) is 10.2. The van der Waals surface area contributed by atoms with Gasteiger partial charge in [-0.2, -0.15) is 0 Å². The maximum Gasteiger partial charge on any atom is 0.281 e. The van der Waals surface area contributed by atoms with Gasteiger partial charge in [0.1, 0.15) is 18.0 Å². The summed E-state index contributed by atoms with van der Waals surface area (Å²) in [6.45, 7) is 7.87. The van der Waals surface area contributed by atoms with Crippen molar-refractivity contribution >= 4 is 51.8 Å². The number of rotatable bonds is 7. The number of likely N-dealkylation sites (N-methyl/N-ethyl adjacent to an activating group) is 1. The first-order valence-electron chi connectivity index (χ1n) is 13.8. The smallest absolute Gasteiger partial charge is 0.281 e. The van der Waals surface area contributed by atoms with Crippen LogP contribution in [0.4, 0.5) is 5.69 Å². The Labute approximate surface area is 235 Å². The van der Waals surface area contributed by atoms with Crippen LogP contribution in [0.15, 0.2) is 54.4 Å². The molecule has 2 fully saturated rings. The summed E-state index contributed by atoms with van der Waals surface area (Å²) in [4.78, 5) is 32.4. The van der Waals surface area contributed by atoms with Crippen LogP contribution in [-0.2, 0) is 22.6 Å². The van der Waals surface area contributed by atoms with Crippen LogP contribution in [0.1, 0.15) is 51.2 Å². The lowest BCUT2D eigenvalue weighted by Crippen LogP contribution is -2.43. The van der Waals surface area contributed by atoms with Gasteiger partial charge in [-0.1, -0.05) is 25.1 Å². The SMILES string of the molecule is CCOc1ccc(N2C(=O)/C(=C/c3cn(CC(=O)N4CCCC[C@@H]4C)c4c(CC)cccc34)N(C)C2=S)cc1. The number of likely N-dealkylation sites (tertiary alicyclic amines) is 1. The van der Waals surface area contributed by atoms with Gasteiger partial charge in [0, 0.05) is 36.8 Å². The molecule has 0 unspecified atom stereocenters. The van der Waals surface area contributed by atoms with E-state index < -0.39 is 0 Å². The highest BCUT2D eigenvalue weighted by Crippen LogP contribution is 2.32. The molecule has 2 saturated heterocycles. The highest BCUT2D eigenvalue weighted by atomic mass is 32.1. The van der Waals surface area contributed by atoms with Gasteiger partial charge in [-0.25, -0.2) is 0 Å². The average molecular weight is 545 g/mol. The quantitative estimate of drug-likeness (QED) is 0.286. The molecule has 1 atom stereocenters. The van der Waals surface area contributed by atoms with E-state index in [0.29, 0.717) is 23.1 Å². The van der Waals surface area contributed by atoms with E-state index in [1.165, 1.54) is 12.0 Å². The zero-order chi connectivity index (χ0) is 27.7. The van der Waals surface area contributed by atoms with Crippen molar-refractivity contribution < 1.29 is 14.3 Å². The van der Waals surface area contributed by atoms with Crippen molar-refractivity contribution in [3.05, 3.63) is 65.5 Å². The lowest BCUT2D eigenvalue weighted by atomic mass is 10.0. The van der Waals surface area contributed by atoms with Gasteiger partial charge in [0.15, 0.2) is 5.11 Å². The molecule has 2 aromatic carbocycles. The van der Waals surface area contributed by atoms with Gasteiger partial charge in [0.2, 0.25) is 5.91 Å². The molecule has 1 aromatic heterocycles. The number of nitrogens with zero attached hydrogens (tertiary/aromatic N) is 4. The Morgan fingerprint density at radius 1 is 1.13 bits per heavy atom. The summed E-state index contributed by atoms with van der Waals surface area (Å²) in [7, 11) is 1.82. The monoisotopic (exact) mass is 544 g/mol. The van der Waals surface area contributed by atoms with Crippen LogP contribution in [0, 0.1) is 0 Å². The Balaban J connectivity index is 1.51. The summed E-state index contributed by atoms with van der Waals surface area (Å²) in [6, 6.07) is 13.9. The standard InChI is InChI=1S/C31H36N4O3S/c1-5-22-11-9-12-26-23(19-33(29(22)26)20-28(36)34-17-8-7-10-21(34)3)18-27-30(37)35(31(39)32(27)4)24-13-15-25(16-14-24)38-6-2/h9,11-16,18-19,21H,5-8,10,17,20H2,1-4H3/b27-18-/t21-/m0/s1. The molecule has 5 rings (SSSR count). The minimum absolute atomic E-state index is 0.140. The van der Waals surface area contributed by atoms with E-state index in [4.69, 9.17) is 17.0 Å². The highest BCUT2D eigenvalue weighted by Gasteiger charge is 2.37. The van der Waals surface area contributed by atoms with Gasteiger partial charge >= 0.3 is 0 Å². The number of hydrogen-bond donors (Lipinski definition) is 0. The lowest BCUT2D eigenvalue weighted by Gasteiger charge is -2.33. The molecule has 204 valence electrons. The van der Waals surface area contributed by atoms with Gasteiger partial charge < -0.3 is 19.1 Å². The minimum atomic E-state index is -0.183. The van der Waals surface area contributed by atoms with Crippen LogP contribution in [0.5, 0.6) is 5.75 Å². The van der Waals surface area contributed by atoms with Gasteiger partial charge in [0.05, 0.1) is 17.8 Å². The second kappa shape index (κ2) is 11.2. The number of amides is 2. The molecule has 3 aromatic rings. The Morgan fingerprint density at radius 3 is 2.59 bits per heavy atom. The third-order valence-electron chi connectivity index (χ3n) is 7.78. The topological polar surface area (TPSA) is 58.0 Å². The number of hydrogen-bond acceptors (Lipinski definition) is 4. The van der Waals surface area contributed by atoms with Crippen LogP contribution < -0.4 is 9.64 Å². The molecule has 0 N–H and O–H groups in total. The van der Waals surface area contributed by atoms with E-state index >= 15 is 0 Å². The molecule has 2 aliphatic heterocycles. The number of aryl methyl sites for hydroxylation is 1. The molecule has 7 nitrogen and oxygen atoms in total. The average Bonchev–Trinajstić information content (AvgIpc) is 3.39. The Hall–Kier alpha value is -3.65. The minimum Gasteiger partial charge on any atom is -0.494 e. The number of carbonyl (C=O) groups is 2. The molecule has 39 heavy (non-hydrogen) atoms. The van der Waals surface area contributed by atoms with Crippen molar-refractivity contribution in [2.24, 2.45) is 0 Å². The summed E-state index contributed by atoms with van der Waals surface area (Å²) in [6.07, 6.45) is 8.03. The summed E-state index contributed by atoms with van der Waals surface area (Å²) in [5.74, 6) is 0.703. The number of ether oxygens (including phenoxy) is 1. The van der Waals surface area contributed by atoms with Gasteiger partial charge in [-0.15, -0.1) is 0 Å². The molecule has 2 amide bonds. The molecule has 0 saturated carbocycles. The van der Waals surface area contributed by atoms with Crippen molar-refractivity contribution in [2.45, 2.75) is 59.0 Å². The van der Waals surface area contributed by atoms with E-state index in [-0.39, 0.29) is 24.4 Å². The summed E-state index contributed by atoms with van der Waals surface area (Å²) >= 11 is 5.68. The van der Waals surface area contributed by atoms with E-state index in [9.17, 15) is 9.59 Å². The summed E-state index contributed by atoms with van der Waals surface area (Å²) < 4.78 is 7.61. The Bertz CT molecular complexity index is 1440. The fourth-order valence-electron chi connectivity index (χ4n) is 5.69. The Kier molecular flexibility index (Phi) is 7.75. The maximum atomic E-state index is 13.7. The fourth-order valence-corrected chi connectivity index (χ4v) is 5.97. The van der Waals surface area contributed by atoms with E-state index in [1.807, 2.05) is 61.5 Å². The highest BCUT2D eigenvalue weighted by molar-refractivity contribution is 7.80. The molecular weight excluding hydrogens is 508 g/mol. The normalized spacial score (nSPS) is 19.0. The molecule has 0 aliphatic carbocycles. The van der Waals surface area contributed by atoms with Gasteiger partial charge in [-0.05, 0) is 87.7 Å². The number of benzene rings is 2. The number of piperidine rings is 1. The van der Waals surface area contributed by atoms with Crippen LogP contribution in [0.3, 0.4) is 0 Å². The fraction of sp³-hybridized carbons (Fsp3) is 0.387. The first-order valence-corrected chi connectivity index (χ1v) is 14.2. The van der Waals surface area contributed by atoms with Crippen molar-refractivity contribution in [2.75, 3.05) is 25.1 Å². The Morgan fingerprint density at radius 2 is 1.90 bits per heavy atom. The van der Waals surface area contributed by atoms with E-state index in [2.05, 4.69) is 30.5 Å². The summed E-state index contributed by atoms with van der Waals surface area (Å²) in [5, 5.41) is 1.44. The third kappa shape index (κ3) is 5.05. The second-order valence-corrected chi connectivity index (χ2v) is 10.6. The van der Waals surface area contributed by atoms with Gasteiger partial charge in [-0.3, -0.25) is 14.5 Å². The summed E-state index contributed by atoms with van der Waals surface area (Å²) in [5.41, 5.74) is 4.30. The number of carbonyl (C=O) groups excluding carboxylic acids is 2. The first-order chi connectivity index (χ1) is 18.8. The molecule has 0 spiro atoms. The third-order valence-corrected chi connectivity index (χ3v) is 8.24. The lowest BCUT2D eigenvalue weighted by molar-refractivity contribution is -0.135. The van der Waals surface area contributed by atoms with Crippen molar-refractivity contribution in [3.63, 3.8) is 0 Å². The molecule has 8 heteroatoms. The maximum absolute atomic E-state index is 13.7. The van der Waals surface area contributed by atoms with Crippen LogP contribution in [0.2, 0.25) is 0 Å². The number of thiocarbonyl (C=S) groups is 1. The predicted molar refractivity (Wildman–Crippen MR) is 160 cm³/mol. The zero-order valence-electron chi connectivity index (χ0n) is 23.1. The van der Waals surface area contributed by atoms with Crippen LogP contribution >= 0.6 is 12.2 Å². The number of fused-ring (bicyclic) bond motifs is 1.